The van der Waals surface area contributed by atoms with E-state index in [1.165, 1.54) is 0 Å². The summed E-state index contributed by atoms with van der Waals surface area (Å²) in [5.41, 5.74) is 3.56. The molecule has 0 fully saturated rings. The van der Waals surface area contributed by atoms with Crippen molar-refractivity contribution in [2.75, 3.05) is 0 Å². The zero-order chi connectivity index (χ0) is 17.8. The Morgan fingerprint density at radius 2 is 1.23 bits per heavy atom. The molecule has 126 valence electrons. The van der Waals surface area contributed by atoms with Gasteiger partial charge in [-0.3, -0.25) is 0 Å². The van der Waals surface area contributed by atoms with E-state index in [-0.39, 0.29) is 0 Å². The minimum Gasteiger partial charge on any atom is -0.407 e. The fourth-order valence-electron chi connectivity index (χ4n) is 2.90. The molecular formula is C23H17NO2. The third-order valence-electron chi connectivity index (χ3n) is 4.14. The SMILES string of the molecule is O=c1oc(-c2ccccc2)c(-c2ccccc2)n1/C=C/c1ccccc1. The first kappa shape index (κ1) is 15.9. The highest BCUT2D eigenvalue weighted by Gasteiger charge is 2.18. The van der Waals surface area contributed by atoms with Gasteiger partial charge in [-0.05, 0) is 11.6 Å². The van der Waals surface area contributed by atoms with Gasteiger partial charge in [0.05, 0.1) is 0 Å². The fourth-order valence-corrected chi connectivity index (χ4v) is 2.90. The molecule has 4 rings (SSSR count). The number of benzene rings is 3. The highest BCUT2D eigenvalue weighted by Crippen LogP contribution is 2.31. The van der Waals surface area contributed by atoms with Crippen LogP contribution in [0.1, 0.15) is 5.56 Å². The van der Waals surface area contributed by atoms with Crippen molar-refractivity contribution in [1.29, 1.82) is 0 Å². The fraction of sp³-hybridized carbons (Fsp3) is 0. The van der Waals surface area contributed by atoms with Gasteiger partial charge in [0.1, 0.15) is 5.69 Å². The molecule has 0 unspecified atom stereocenters. The summed E-state index contributed by atoms with van der Waals surface area (Å²) in [4.78, 5) is 12.6. The summed E-state index contributed by atoms with van der Waals surface area (Å²) in [6, 6.07) is 29.4. The third-order valence-corrected chi connectivity index (χ3v) is 4.14. The van der Waals surface area contributed by atoms with Crippen LogP contribution in [0.3, 0.4) is 0 Å². The summed E-state index contributed by atoms with van der Waals surface area (Å²) in [6.45, 7) is 0. The van der Waals surface area contributed by atoms with Crippen LogP contribution in [0.4, 0.5) is 0 Å². The van der Waals surface area contributed by atoms with Crippen LogP contribution < -0.4 is 5.76 Å². The molecule has 0 aliphatic rings. The van der Waals surface area contributed by atoms with Gasteiger partial charge in [0.2, 0.25) is 0 Å². The van der Waals surface area contributed by atoms with E-state index in [1.54, 1.807) is 10.8 Å². The van der Waals surface area contributed by atoms with Crippen molar-refractivity contribution < 1.29 is 4.42 Å². The number of aromatic nitrogens is 1. The molecule has 3 heteroatoms. The van der Waals surface area contributed by atoms with Crippen LogP contribution in [0.25, 0.3) is 34.9 Å². The summed E-state index contributed by atoms with van der Waals surface area (Å²) >= 11 is 0. The maximum absolute atomic E-state index is 12.6. The van der Waals surface area contributed by atoms with E-state index in [0.717, 1.165) is 22.4 Å². The Balaban J connectivity index is 1.90. The summed E-state index contributed by atoms with van der Waals surface area (Å²) in [7, 11) is 0. The van der Waals surface area contributed by atoms with Crippen molar-refractivity contribution in [2.45, 2.75) is 0 Å². The quantitative estimate of drug-likeness (QED) is 0.499. The number of nitrogens with zero attached hydrogens (tertiary/aromatic N) is 1. The van der Waals surface area contributed by atoms with E-state index < -0.39 is 5.76 Å². The Hall–Kier alpha value is -3.59. The summed E-state index contributed by atoms with van der Waals surface area (Å²) in [5, 5.41) is 0. The first-order valence-electron chi connectivity index (χ1n) is 8.42. The molecule has 0 radical (unpaired) electrons. The molecule has 1 heterocycles. The van der Waals surface area contributed by atoms with Crippen LogP contribution in [0.15, 0.2) is 100 Å². The van der Waals surface area contributed by atoms with Crippen LogP contribution in [0, 0.1) is 0 Å². The van der Waals surface area contributed by atoms with Crippen molar-refractivity contribution >= 4 is 12.3 Å². The standard InChI is InChI=1S/C23H17NO2/c25-23-24(17-16-18-10-4-1-5-11-18)21(19-12-6-2-7-13-19)22(26-23)20-14-8-3-9-15-20/h1-17H/b17-16+. The summed E-state index contributed by atoms with van der Waals surface area (Å²) in [6.07, 6.45) is 3.66. The zero-order valence-electron chi connectivity index (χ0n) is 14.1. The number of oxazole rings is 1. The molecule has 0 saturated heterocycles. The van der Waals surface area contributed by atoms with Crippen molar-refractivity contribution in [3.8, 4) is 22.6 Å². The third kappa shape index (κ3) is 3.15. The zero-order valence-corrected chi connectivity index (χ0v) is 14.1. The monoisotopic (exact) mass is 339 g/mol. The Kier molecular flexibility index (Phi) is 4.35. The molecule has 0 atom stereocenters. The van der Waals surface area contributed by atoms with Crippen molar-refractivity contribution in [2.24, 2.45) is 0 Å². The average molecular weight is 339 g/mol. The number of hydrogen-bond donors (Lipinski definition) is 0. The number of hydrogen-bond acceptors (Lipinski definition) is 2. The van der Waals surface area contributed by atoms with Gasteiger partial charge in [-0.1, -0.05) is 91.0 Å². The number of rotatable bonds is 4. The van der Waals surface area contributed by atoms with Crippen LogP contribution >= 0.6 is 0 Å². The van der Waals surface area contributed by atoms with Crippen molar-refractivity contribution in [1.82, 2.24) is 4.57 Å². The Morgan fingerprint density at radius 3 is 1.85 bits per heavy atom. The Morgan fingerprint density at radius 1 is 0.692 bits per heavy atom. The normalized spacial score (nSPS) is 11.1. The molecule has 0 aliphatic carbocycles. The van der Waals surface area contributed by atoms with Crippen molar-refractivity contribution in [3.05, 3.63) is 107 Å². The van der Waals surface area contributed by atoms with Gasteiger partial charge in [0.25, 0.3) is 0 Å². The van der Waals surface area contributed by atoms with Crippen molar-refractivity contribution in [3.63, 3.8) is 0 Å². The lowest BCUT2D eigenvalue weighted by Crippen LogP contribution is -2.09. The molecule has 3 aromatic carbocycles. The van der Waals surface area contributed by atoms with Gasteiger partial charge in [0, 0.05) is 17.3 Å². The molecule has 1 aromatic heterocycles. The van der Waals surface area contributed by atoms with Gasteiger partial charge in [0.15, 0.2) is 5.76 Å². The summed E-state index contributed by atoms with van der Waals surface area (Å²) in [5.74, 6) is 0.161. The molecule has 0 spiro atoms. The van der Waals surface area contributed by atoms with Crippen LogP contribution in [0.2, 0.25) is 0 Å². The second-order valence-electron chi connectivity index (χ2n) is 5.87. The first-order valence-corrected chi connectivity index (χ1v) is 8.42. The topological polar surface area (TPSA) is 35.1 Å². The molecule has 0 bridgehead atoms. The lowest BCUT2D eigenvalue weighted by Gasteiger charge is -2.05. The average Bonchev–Trinajstić information content (AvgIpc) is 3.05. The predicted octanol–water partition coefficient (Wildman–Crippen LogP) is 5.40. The van der Waals surface area contributed by atoms with Gasteiger partial charge in [-0.2, -0.15) is 0 Å². The molecule has 0 N–H and O–H groups in total. The van der Waals surface area contributed by atoms with Crippen LogP contribution in [-0.2, 0) is 0 Å². The van der Waals surface area contributed by atoms with E-state index >= 15 is 0 Å². The molecule has 0 saturated carbocycles. The lowest BCUT2D eigenvalue weighted by atomic mass is 10.1. The molecule has 4 aromatic rings. The minimum absolute atomic E-state index is 0.408. The predicted molar refractivity (Wildman–Crippen MR) is 106 cm³/mol. The molecule has 26 heavy (non-hydrogen) atoms. The second-order valence-corrected chi connectivity index (χ2v) is 5.87. The smallest absolute Gasteiger partial charge is 0.407 e. The molecular weight excluding hydrogens is 322 g/mol. The highest BCUT2D eigenvalue weighted by molar-refractivity contribution is 5.79. The second kappa shape index (κ2) is 7.11. The van der Waals surface area contributed by atoms with Gasteiger partial charge >= 0.3 is 5.76 Å². The maximum atomic E-state index is 12.6. The Bertz CT molecular complexity index is 1080. The molecule has 0 amide bonds. The molecule has 3 nitrogen and oxygen atoms in total. The van der Waals surface area contributed by atoms with Gasteiger partial charge < -0.3 is 4.42 Å². The van der Waals surface area contributed by atoms with Crippen LogP contribution in [0.5, 0.6) is 0 Å². The first-order chi connectivity index (χ1) is 12.8. The van der Waals surface area contributed by atoms with E-state index in [1.807, 2.05) is 97.1 Å². The Labute approximate surface area is 151 Å². The van der Waals surface area contributed by atoms with Gasteiger partial charge in [-0.25, -0.2) is 9.36 Å². The van der Waals surface area contributed by atoms with Gasteiger partial charge in [-0.15, -0.1) is 0 Å². The largest absolute Gasteiger partial charge is 0.424 e. The van der Waals surface area contributed by atoms with Crippen LogP contribution in [-0.4, -0.2) is 4.57 Å². The van der Waals surface area contributed by atoms with E-state index in [4.69, 9.17) is 4.42 Å². The maximum Gasteiger partial charge on any atom is 0.424 e. The lowest BCUT2D eigenvalue weighted by molar-refractivity contribution is 0.519. The highest BCUT2D eigenvalue weighted by atomic mass is 16.4. The van der Waals surface area contributed by atoms with E-state index in [2.05, 4.69) is 0 Å². The van der Waals surface area contributed by atoms with E-state index in [9.17, 15) is 4.79 Å². The summed E-state index contributed by atoms with van der Waals surface area (Å²) < 4.78 is 7.19. The minimum atomic E-state index is -0.408. The molecule has 0 aliphatic heterocycles. The van der Waals surface area contributed by atoms with E-state index in [0.29, 0.717) is 5.76 Å².